The van der Waals surface area contributed by atoms with Crippen LogP contribution in [0.25, 0.3) is 11.1 Å². The van der Waals surface area contributed by atoms with Gasteiger partial charge in [0, 0.05) is 37.1 Å². The molecule has 132 valence electrons. The number of nitrogens with one attached hydrogen (secondary N) is 1. The first-order valence-corrected chi connectivity index (χ1v) is 8.71. The Labute approximate surface area is 150 Å². The van der Waals surface area contributed by atoms with Gasteiger partial charge in [-0.3, -0.25) is 4.79 Å². The van der Waals surface area contributed by atoms with Gasteiger partial charge in [0.05, 0.1) is 17.8 Å². The molecule has 0 aliphatic carbocycles. The number of aryl methyl sites for hydroxylation is 1. The standard InChI is InChI=1S/C20H19FN4O/c1-2-19-23-9-14-7-8-25(12-18(14)24-19)20(26)17-11-22-10-16(17)13-3-5-15(21)6-4-13/h3-6,9-11,22H,2,7-8,12H2,1H3. The third kappa shape index (κ3) is 2.98. The Hall–Kier alpha value is -3.02. The zero-order valence-electron chi connectivity index (χ0n) is 14.5. The van der Waals surface area contributed by atoms with Crippen molar-refractivity contribution in [3.63, 3.8) is 0 Å². The number of halogens is 1. The molecule has 0 bridgehead atoms. The van der Waals surface area contributed by atoms with Crippen molar-refractivity contribution >= 4 is 5.91 Å². The number of H-pyrrole nitrogens is 1. The molecule has 0 atom stereocenters. The van der Waals surface area contributed by atoms with Gasteiger partial charge in [-0.05, 0) is 29.7 Å². The van der Waals surface area contributed by atoms with E-state index in [0.29, 0.717) is 18.7 Å². The normalized spacial score (nSPS) is 13.5. The van der Waals surface area contributed by atoms with Gasteiger partial charge in [-0.25, -0.2) is 14.4 Å². The van der Waals surface area contributed by atoms with Crippen LogP contribution in [0, 0.1) is 5.82 Å². The Bertz CT molecular complexity index is 949. The average molecular weight is 350 g/mol. The van der Waals surface area contributed by atoms with Gasteiger partial charge in [-0.1, -0.05) is 19.1 Å². The molecular weight excluding hydrogens is 331 g/mol. The maximum Gasteiger partial charge on any atom is 0.256 e. The van der Waals surface area contributed by atoms with Crippen LogP contribution in [0.3, 0.4) is 0 Å². The molecule has 1 N–H and O–H groups in total. The zero-order valence-corrected chi connectivity index (χ0v) is 14.5. The quantitative estimate of drug-likeness (QED) is 0.788. The third-order valence-corrected chi connectivity index (χ3v) is 4.73. The number of carbonyl (C=O) groups excluding carboxylic acids is 1. The number of rotatable bonds is 3. The van der Waals surface area contributed by atoms with Crippen molar-refractivity contribution in [3.8, 4) is 11.1 Å². The number of fused-ring (bicyclic) bond motifs is 1. The maximum atomic E-state index is 13.2. The molecule has 0 saturated heterocycles. The lowest BCUT2D eigenvalue weighted by atomic mass is 10.0. The van der Waals surface area contributed by atoms with Crippen LogP contribution < -0.4 is 0 Å². The number of carbonyl (C=O) groups is 1. The summed E-state index contributed by atoms with van der Waals surface area (Å²) in [5, 5.41) is 0. The summed E-state index contributed by atoms with van der Waals surface area (Å²) in [5.74, 6) is 0.454. The molecule has 1 aliphatic heterocycles. The lowest BCUT2D eigenvalue weighted by molar-refractivity contribution is 0.0732. The highest BCUT2D eigenvalue weighted by molar-refractivity contribution is 6.00. The lowest BCUT2D eigenvalue weighted by Crippen LogP contribution is -2.36. The van der Waals surface area contributed by atoms with Crippen molar-refractivity contribution in [1.29, 1.82) is 0 Å². The molecule has 0 fully saturated rings. The monoisotopic (exact) mass is 350 g/mol. The first-order chi connectivity index (χ1) is 12.7. The second kappa shape index (κ2) is 6.71. The average Bonchev–Trinajstić information content (AvgIpc) is 3.16. The molecule has 3 aromatic rings. The number of aromatic amines is 1. The Morgan fingerprint density at radius 2 is 2.08 bits per heavy atom. The first kappa shape index (κ1) is 16.4. The van der Waals surface area contributed by atoms with E-state index in [4.69, 9.17) is 0 Å². The predicted molar refractivity (Wildman–Crippen MR) is 96.0 cm³/mol. The molecule has 0 radical (unpaired) electrons. The molecule has 0 saturated carbocycles. The second-order valence-corrected chi connectivity index (χ2v) is 6.38. The van der Waals surface area contributed by atoms with Crippen molar-refractivity contribution in [2.24, 2.45) is 0 Å². The SMILES string of the molecule is CCc1ncc2c(n1)CN(C(=O)c1c[nH]cc1-c1ccc(F)cc1)CC2. The number of nitrogens with zero attached hydrogens (tertiary/aromatic N) is 3. The van der Waals surface area contributed by atoms with Gasteiger partial charge >= 0.3 is 0 Å². The van der Waals surface area contributed by atoms with E-state index >= 15 is 0 Å². The van der Waals surface area contributed by atoms with Crippen LogP contribution in [-0.4, -0.2) is 32.3 Å². The molecule has 0 unspecified atom stereocenters. The number of hydrogen-bond donors (Lipinski definition) is 1. The fourth-order valence-electron chi connectivity index (χ4n) is 3.27. The van der Waals surface area contributed by atoms with Crippen LogP contribution in [0.2, 0.25) is 0 Å². The van der Waals surface area contributed by atoms with E-state index in [9.17, 15) is 9.18 Å². The van der Waals surface area contributed by atoms with E-state index in [1.807, 2.05) is 18.0 Å². The molecule has 3 heterocycles. The Morgan fingerprint density at radius 1 is 1.27 bits per heavy atom. The smallest absolute Gasteiger partial charge is 0.256 e. The van der Waals surface area contributed by atoms with Crippen LogP contribution in [0.4, 0.5) is 4.39 Å². The molecule has 1 amide bonds. The lowest BCUT2D eigenvalue weighted by Gasteiger charge is -2.28. The third-order valence-electron chi connectivity index (χ3n) is 4.73. The minimum atomic E-state index is -0.295. The van der Waals surface area contributed by atoms with Gasteiger partial charge in [0.2, 0.25) is 0 Å². The van der Waals surface area contributed by atoms with Gasteiger partial charge in [-0.2, -0.15) is 0 Å². The fraction of sp³-hybridized carbons (Fsp3) is 0.250. The zero-order chi connectivity index (χ0) is 18.1. The largest absolute Gasteiger partial charge is 0.366 e. The Kier molecular flexibility index (Phi) is 4.24. The summed E-state index contributed by atoms with van der Waals surface area (Å²) < 4.78 is 13.2. The van der Waals surface area contributed by atoms with Crippen molar-refractivity contribution in [1.82, 2.24) is 19.9 Å². The highest BCUT2D eigenvalue weighted by atomic mass is 19.1. The molecule has 6 heteroatoms. The number of amides is 1. The van der Waals surface area contributed by atoms with E-state index in [1.54, 1.807) is 24.5 Å². The van der Waals surface area contributed by atoms with Crippen LogP contribution >= 0.6 is 0 Å². The molecule has 5 nitrogen and oxygen atoms in total. The summed E-state index contributed by atoms with van der Waals surface area (Å²) >= 11 is 0. The number of benzene rings is 1. The highest BCUT2D eigenvalue weighted by Gasteiger charge is 2.25. The van der Waals surface area contributed by atoms with Crippen molar-refractivity contribution in [2.75, 3.05) is 6.54 Å². The summed E-state index contributed by atoms with van der Waals surface area (Å²) in [7, 11) is 0. The van der Waals surface area contributed by atoms with Crippen LogP contribution in [0.5, 0.6) is 0 Å². The van der Waals surface area contributed by atoms with Crippen LogP contribution in [-0.2, 0) is 19.4 Å². The minimum Gasteiger partial charge on any atom is -0.366 e. The van der Waals surface area contributed by atoms with Crippen LogP contribution in [0.1, 0.15) is 34.4 Å². The van der Waals surface area contributed by atoms with E-state index < -0.39 is 0 Å². The van der Waals surface area contributed by atoms with Crippen molar-refractivity contribution < 1.29 is 9.18 Å². The number of hydrogen-bond acceptors (Lipinski definition) is 3. The van der Waals surface area contributed by atoms with Gasteiger partial charge in [0.25, 0.3) is 5.91 Å². The summed E-state index contributed by atoms with van der Waals surface area (Å²) in [6.07, 6.45) is 6.88. The molecular formula is C20H19FN4O. The minimum absolute atomic E-state index is 0.0483. The molecule has 1 aromatic carbocycles. The van der Waals surface area contributed by atoms with E-state index in [0.717, 1.165) is 41.1 Å². The molecule has 0 spiro atoms. The van der Waals surface area contributed by atoms with Crippen LogP contribution in [0.15, 0.2) is 42.9 Å². The fourth-order valence-corrected chi connectivity index (χ4v) is 3.27. The van der Waals surface area contributed by atoms with E-state index in [1.165, 1.54) is 12.1 Å². The summed E-state index contributed by atoms with van der Waals surface area (Å²) in [4.78, 5) is 26.8. The van der Waals surface area contributed by atoms with Gasteiger partial charge in [0.15, 0.2) is 0 Å². The molecule has 2 aromatic heterocycles. The predicted octanol–water partition coefficient (Wildman–Crippen LogP) is 3.37. The second-order valence-electron chi connectivity index (χ2n) is 6.38. The molecule has 4 rings (SSSR count). The summed E-state index contributed by atoms with van der Waals surface area (Å²) in [6.45, 7) is 3.13. The summed E-state index contributed by atoms with van der Waals surface area (Å²) in [6, 6.07) is 6.16. The topological polar surface area (TPSA) is 61.9 Å². The van der Waals surface area contributed by atoms with E-state index in [2.05, 4.69) is 15.0 Å². The van der Waals surface area contributed by atoms with Crippen molar-refractivity contribution in [2.45, 2.75) is 26.3 Å². The van der Waals surface area contributed by atoms with Crippen molar-refractivity contribution in [3.05, 3.63) is 71.3 Å². The maximum absolute atomic E-state index is 13.2. The first-order valence-electron chi connectivity index (χ1n) is 8.71. The van der Waals surface area contributed by atoms with Gasteiger partial charge in [-0.15, -0.1) is 0 Å². The van der Waals surface area contributed by atoms with E-state index in [-0.39, 0.29) is 11.7 Å². The molecule has 26 heavy (non-hydrogen) atoms. The highest BCUT2D eigenvalue weighted by Crippen LogP contribution is 2.26. The van der Waals surface area contributed by atoms with Gasteiger partial charge < -0.3 is 9.88 Å². The Balaban J connectivity index is 1.61. The van der Waals surface area contributed by atoms with Gasteiger partial charge in [0.1, 0.15) is 11.6 Å². The summed E-state index contributed by atoms with van der Waals surface area (Å²) in [5.41, 5.74) is 4.21. The molecule has 1 aliphatic rings. The number of aromatic nitrogens is 3. The Morgan fingerprint density at radius 3 is 2.85 bits per heavy atom.